The van der Waals surface area contributed by atoms with Crippen molar-refractivity contribution in [3.63, 3.8) is 0 Å². The van der Waals surface area contributed by atoms with E-state index in [1.807, 2.05) is 16.8 Å². The van der Waals surface area contributed by atoms with Crippen LogP contribution in [-0.4, -0.2) is 20.0 Å². The summed E-state index contributed by atoms with van der Waals surface area (Å²) in [5.41, 5.74) is 1.96. The summed E-state index contributed by atoms with van der Waals surface area (Å²) < 4.78 is 25.3. The van der Waals surface area contributed by atoms with Crippen LogP contribution < -0.4 is 4.72 Å². The highest BCUT2D eigenvalue weighted by atomic mass is 32.2. The average Bonchev–Trinajstić information content (AvgIpc) is 2.98. The lowest BCUT2D eigenvalue weighted by molar-refractivity contribution is 0.104. The molecule has 1 aromatic carbocycles. The van der Waals surface area contributed by atoms with Gasteiger partial charge in [0.25, 0.3) is 0 Å². The number of thiophene rings is 1. The smallest absolute Gasteiger partial charge is 0.232 e. The van der Waals surface area contributed by atoms with Crippen LogP contribution in [0.25, 0.3) is 6.08 Å². The number of ketones is 1. The van der Waals surface area contributed by atoms with Gasteiger partial charge >= 0.3 is 0 Å². The van der Waals surface area contributed by atoms with E-state index < -0.39 is 10.0 Å². The third-order valence-electron chi connectivity index (χ3n) is 2.79. The summed E-state index contributed by atoms with van der Waals surface area (Å²) in [6.07, 6.45) is 3.26. The number of allylic oxidation sites excluding steroid dienone is 1. The summed E-state index contributed by atoms with van der Waals surface area (Å²) in [4.78, 5) is 12.0. The highest BCUT2D eigenvalue weighted by molar-refractivity contribution is 7.92. The van der Waals surface area contributed by atoms with Crippen LogP contribution in [-0.2, 0) is 10.0 Å². The van der Waals surface area contributed by atoms with Crippen molar-refractivity contribution in [2.24, 2.45) is 0 Å². The van der Waals surface area contributed by atoms with Gasteiger partial charge < -0.3 is 0 Å². The lowest BCUT2D eigenvalue weighted by atomic mass is 10.1. The van der Waals surface area contributed by atoms with Crippen molar-refractivity contribution >= 4 is 38.9 Å². The molecule has 2 rings (SSSR count). The van der Waals surface area contributed by atoms with E-state index in [1.165, 1.54) is 6.08 Å². The van der Waals surface area contributed by atoms with E-state index in [0.29, 0.717) is 11.3 Å². The zero-order chi connectivity index (χ0) is 15.3. The van der Waals surface area contributed by atoms with Gasteiger partial charge in [0.05, 0.1) is 5.75 Å². The molecule has 0 radical (unpaired) electrons. The molecule has 0 bridgehead atoms. The second kappa shape index (κ2) is 6.69. The maximum Gasteiger partial charge on any atom is 0.232 e. The van der Waals surface area contributed by atoms with E-state index in [4.69, 9.17) is 0 Å². The Hall–Kier alpha value is -1.92. The minimum atomic E-state index is -3.29. The van der Waals surface area contributed by atoms with Crippen molar-refractivity contribution in [2.45, 2.75) is 6.92 Å². The van der Waals surface area contributed by atoms with Crippen molar-refractivity contribution in [3.8, 4) is 0 Å². The van der Waals surface area contributed by atoms with Crippen LogP contribution in [0, 0.1) is 0 Å². The predicted molar refractivity (Wildman–Crippen MR) is 87.2 cm³/mol. The minimum absolute atomic E-state index is 0.0110. The molecule has 0 unspecified atom stereocenters. The molecule has 6 heteroatoms. The predicted octanol–water partition coefficient (Wildman–Crippen LogP) is 3.41. The molecular formula is C15H15NO3S2. The Bertz CT molecular complexity index is 730. The molecule has 1 aromatic heterocycles. The Morgan fingerprint density at radius 3 is 2.52 bits per heavy atom. The first kappa shape index (κ1) is 15.5. The third kappa shape index (κ3) is 4.54. The van der Waals surface area contributed by atoms with Crippen LogP contribution in [0.2, 0.25) is 0 Å². The molecule has 0 spiro atoms. The molecule has 1 N–H and O–H groups in total. The van der Waals surface area contributed by atoms with Crippen LogP contribution in [0.4, 0.5) is 5.69 Å². The molecule has 0 aliphatic carbocycles. The topological polar surface area (TPSA) is 63.2 Å². The number of carbonyl (C=O) groups excluding carboxylic acids is 1. The van der Waals surface area contributed by atoms with Crippen molar-refractivity contribution in [2.75, 3.05) is 10.5 Å². The second-order valence-corrected chi connectivity index (χ2v) is 7.13. The molecule has 0 aliphatic heterocycles. The first-order valence-corrected chi connectivity index (χ1v) is 8.95. The Morgan fingerprint density at radius 2 is 1.95 bits per heavy atom. The highest BCUT2D eigenvalue weighted by Crippen LogP contribution is 2.13. The molecule has 4 nitrogen and oxygen atoms in total. The standard InChI is InChI=1S/C15H15NO3S2/c1-2-21(18,19)16-14-6-4-13(5-7-14)15(17)8-3-12-9-10-20-11-12/h3-11,16H,2H2,1H3/b8-3-. The summed E-state index contributed by atoms with van der Waals surface area (Å²) in [6, 6.07) is 8.30. The number of hydrogen-bond acceptors (Lipinski definition) is 4. The lowest BCUT2D eigenvalue weighted by Gasteiger charge is -2.06. The normalized spacial score (nSPS) is 11.7. The summed E-state index contributed by atoms with van der Waals surface area (Å²) in [5.74, 6) is -0.108. The van der Waals surface area contributed by atoms with Crippen molar-refractivity contribution in [1.82, 2.24) is 0 Å². The quantitative estimate of drug-likeness (QED) is 0.655. The van der Waals surface area contributed by atoms with Gasteiger partial charge in [0.1, 0.15) is 0 Å². The number of rotatable bonds is 6. The summed E-state index contributed by atoms with van der Waals surface area (Å²) in [7, 11) is -3.29. The van der Waals surface area contributed by atoms with Crippen molar-refractivity contribution < 1.29 is 13.2 Å². The third-order valence-corrected chi connectivity index (χ3v) is 4.80. The van der Waals surface area contributed by atoms with Gasteiger partial charge in [-0.2, -0.15) is 11.3 Å². The molecule has 0 saturated heterocycles. The van der Waals surface area contributed by atoms with E-state index in [0.717, 1.165) is 5.56 Å². The van der Waals surface area contributed by atoms with E-state index in [9.17, 15) is 13.2 Å². The molecule has 0 aliphatic rings. The van der Waals surface area contributed by atoms with Gasteiger partial charge in [-0.3, -0.25) is 9.52 Å². The van der Waals surface area contributed by atoms with E-state index in [2.05, 4.69) is 4.72 Å². The fourth-order valence-corrected chi connectivity index (χ4v) is 2.86. The summed E-state index contributed by atoms with van der Waals surface area (Å²) in [5, 5.41) is 3.89. The summed E-state index contributed by atoms with van der Waals surface area (Å²) in [6.45, 7) is 1.56. The maximum atomic E-state index is 12.0. The van der Waals surface area contributed by atoms with Gasteiger partial charge in [-0.1, -0.05) is 6.08 Å². The molecule has 0 saturated carbocycles. The number of anilines is 1. The highest BCUT2D eigenvalue weighted by Gasteiger charge is 2.07. The lowest BCUT2D eigenvalue weighted by Crippen LogP contribution is -2.14. The Morgan fingerprint density at radius 1 is 1.24 bits per heavy atom. The van der Waals surface area contributed by atoms with Crippen LogP contribution in [0.5, 0.6) is 0 Å². The molecule has 21 heavy (non-hydrogen) atoms. The van der Waals surface area contributed by atoms with E-state index >= 15 is 0 Å². The number of hydrogen-bond donors (Lipinski definition) is 1. The average molecular weight is 321 g/mol. The minimum Gasteiger partial charge on any atom is -0.289 e. The SMILES string of the molecule is CCS(=O)(=O)Nc1ccc(C(=O)/C=C\c2ccsc2)cc1. The monoisotopic (exact) mass is 321 g/mol. The zero-order valence-electron chi connectivity index (χ0n) is 11.4. The molecule has 2 aromatic rings. The van der Waals surface area contributed by atoms with Gasteiger partial charge in [0.2, 0.25) is 10.0 Å². The van der Waals surface area contributed by atoms with Crippen LogP contribution in [0.15, 0.2) is 47.2 Å². The van der Waals surface area contributed by atoms with Crippen LogP contribution in [0.3, 0.4) is 0 Å². The van der Waals surface area contributed by atoms with Crippen molar-refractivity contribution in [1.29, 1.82) is 0 Å². The fourth-order valence-electron chi connectivity index (χ4n) is 1.59. The van der Waals surface area contributed by atoms with Gasteiger partial charge in [-0.15, -0.1) is 0 Å². The molecule has 110 valence electrons. The zero-order valence-corrected chi connectivity index (χ0v) is 13.1. The Kier molecular flexibility index (Phi) is 4.93. The fraction of sp³-hybridized carbons (Fsp3) is 0.133. The molecule has 0 fully saturated rings. The van der Waals surface area contributed by atoms with Gasteiger partial charge in [-0.25, -0.2) is 8.42 Å². The van der Waals surface area contributed by atoms with E-state index in [1.54, 1.807) is 48.6 Å². The van der Waals surface area contributed by atoms with Crippen LogP contribution in [0.1, 0.15) is 22.8 Å². The molecule has 0 atom stereocenters. The number of nitrogens with one attached hydrogen (secondary N) is 1. The first-order chi connectivity index (χ1) is 10.00. The maximum absolute atomic E-state index is 12.0. The Balaban J connectivity index is 2.06. The molecule has 0 amide bonds. The van der Waals surface area contributed by atoms with Gasteiger partial charge in [0.15, 0.2) is 5.78 Å². The van der Waals surface area contributed by atoms with Gasteiger partial charge in [0, 0.05) is 11.3 Å². The van der Waals surface area contributed by atoms with Gasteiger partial charge in [-0.05, 0) is 59.7 Å². The Labute approximate surface area is 128 Å². The van der Waals surface area contributed by atoms with E-state index in [-0.39, 0.29) is 11.5 Å². The number of carbonyl (C=O) groups is 1. The largest absolute Gasteiger partial charge is 0.289 e. The molecule has 1 heterocycles. The number of benzene rings is 1. The summed E-state index contributed by atoms with van der Waals surface area (Å²) >= 11 is 1.57. The molecular weight excluding hydrogens is 306 g/mol. The number of sulfonamides is 1. The van der Waals surface area contributed by atoms with Crippen molar-refractivity contribution in [3.05, 3.63) is 58.3 Å². The van der Waals surface area contributed by atoms with Crippen LogP contribution >= 0.6 is 11.3 Å². The first-order valence-electron chi connectivity index (χ1n) is 6.35. The second-order valence-electron chi connectivity index (χ2n) is 4.34.